The fourth-order valence-corrected chi connectivity index (χ4v) is 3.50. The third-order valence-electron chi connectivity index (χ3n) is 4.87. The second-order valence-corrected chi connectivity index (χ2v) is 7.14. The van der Waals surface area contributed by atoms with Gasteiger partial charge in [-0.25, -0.2) is 4.98 Å². The zero-order valence-electron chi connectivity index (χ0n) is 16.9. The lowest BCUT2D eigenvalue weighted by Gasteiger charge is -2.11. The van der Waals surface area contributed by atoms with E-state index in [9.17, 15) is 4.79 Å². The standard InChI is InChI=1S/C24H22N2O3/c1-14-12-16(3)22-20(13-14)26-24(29-22)17-8-10-18(11-9-17)25-23(27)19-7-5-6-15(2)21(19)28-4/h5-13H,1-4H3,(H,25,27). The highest BCUT2D eigenvalue weighted by Crippen LogP contribution is 2.29. The Labute approximate surface area is 169 Å². The van der Waals surface area contributed by atoms with Crippen LogP contribution in [0.15, 0.2) is 59.0 Å². The van der Waals surface area contributed by atoms with E-state index in [2.05, 4.69) is 16.4 Å². The fourth-order valence-electron chi connectivity index (χ4n) is 3.50. The highest BCUT2D eigenvalue weighted by atomic mass is 16.5. The van der Waals surface area contributed by atoms with Crippen LogP contribution in [0.2, 0.25) is 0 Å². The Hall–Kier alpha value is -3.60. The quantitative estimate of drug-likeness (QED) is 0.490. The van der Waals surface area contributed by atoms with E-state index >= 15 is 0 Å². The van der Waals surface area contributed by atoms with E-state index in [0.717, 1.165) is 33.4 Å². The fraction of sp³-hybridized carbons (Fsp3) is 0.167. The molecule has 0 spiro atoms. The predicted molar refractivity (Wildman–Crippen MR) is 115 cm³/mol. The minimum Gasteiger partial charge on any atom is -0.496 e. The lowest BCUT2D eigenvalue weighted by atomic mass is 10.1. The number of methoxy groups -OCH3 is 1. The number of aryl methyl sites for hydroxylation is 3. The Bertz CT molecular complexity index is 1210. The topological polar surface area (TPSA) is 64.4 Å². The maximum absolute atomic E-state index is 12.7. The van der Waals surface area contributed by atoms with Crippen molar-refractivity contribution in [2.45, 2.75) is 20.8 Å². The predicted octanol–water partition coefficient (Wildman–Crippen LogP) is 5.68. The maximum atomic E-state index is 12.7. The van der Waals surface area contributed by atoms with Crippen molar-refractivity contribution in [3.63, 3.8) is 0 Å². The number of carbonyl (C=O) groups is 1. The molecule has 0 fully saturated rings. The molecule has 0 bridgehead atoms. The third kappa shape index (κ3) is 3.59. The molecule has 0 aliphatic heterocycles. The summed E-state index contributed by atoms with van der Waals surface area (Å²) in [5.41, 5.74) is 6.82. The molecule has 3 aromatic carbocycles. The molecule has 0 radical (unpaired) electrons. The van der Waals surface area contributed by atoms with Crippen LogP contribution < -0.4 is 10.1 Å². The lowest BCUT2D eigenvalue weighted by molar-refractivity contribution is 0.102. The van der Waals surface area contributed by atoms with E-state index in [1.54, 1.807) is 13.2 Å². The molecule has 1 heterocycles. The van der Waals surface area contributed by atoms with Crippen molar-refractivity contribution in [1.29, 1.82) is 0 Å². The summed E-state index contributed by atoms with van der Waals surface area (Å²) in [5, 5.41) is 2.91. The number of aromatic nitrogens is 1. The Morgan fingerprint density at radius 2 is 1.76 bits per heavy atom. The molecule has 1 aromatic heterocycles. The van der Waals surface area contributed by atoms with Gasteiger partial charge in [0.1, 0.15) is 11.3 Å². The average Bonchev–Trinajstić information content (AvgIpc) is 3.12. The van der Waals surface area contributed by atoms with Crippen LogP contribution in [0.4, 0.5) is 5.69 Å². The van der Waals surface area contributed by atoms with E-state index in [1.165, 1.54) is 0 Å². The van der Waals surface area contributed by atoms with Gasteiger partial charge in [-0.05, 0) is 73.9 Å². The first kappa shape index (κ1) is 18.7. The lowest BCUT2D eigenvalue weighted by Crippen LogP contribution is -2.13. The van der Waals surface area contributed by atoms with Gasteiger partial charge < -0.3 is 14.5 Å². The number of hydrogen-bond acceptors (Lipinski definition) is 4. The minimum atomic E-state index is -0.216. The van der Waals surface area contributed by atoms with Crippen LogP contribution in [0.5, 0.6) is 5.75 Å². The van der Waals surface area contributed by atoms with Crippen LogP contribution in [0.3, 0.4) is 0 Å². The molecule has 1 amide bonds. The number of ether oxygens (including phenoxy) is 1. The molecule has 0 atom stereocenters. The van der Waals surface area contributed by atoms with Crippen LogP contribution in [-0.2, 0) is 0 Å². The molecule has 4 aromatic rings. The summed E-state index contributed by atoms with van der Waals surface area (Å²) >= 11 is 0. The number of fused-ring (bicyclic) bond motifs is 1. The van der Waals surface area contributed by atoms with E-state index in [0.29, 0.717) is 22.9 Å². The van der Waals surface area contributed by atoms with Crippen molar-refractivity contribution in [2.24, 2.45) is 0 Å². The number of amides is 1. The summed E-state index contributed by atoms with van der Waals surface area (Å²) in [6.45, 7) is 5.97. The van der Waals surface area contributed by atoms with Crippen molar-refractivity contribution in [2.75, 3.05) is 12.4 Å². The van der Waals surface area contributed by atoms with Gasteiger partial charge in [-0.2, -0.15) is 0 Å². The maximum Gasteiger partial charge on any atom is 0.259 e. The van der Waals surface area contributed by atoms with Gasteiger partial charge in [0, 0.05) is 11.3 Å². The van der Waals surface area contributed by atoms with Gasteiger partial charge >= 0.3 is 0 Å². The van der Waals surface area contributed by atoms with E-state index < -0.39 is 0 Å². The molecule has 5 heteroatoms. The largest absolute Gasteiger partial charge is 0.496 e. The number of benzene rings is 3. The van der Waals surface area contributed by atoms with Gasteiger partial charge in [0.25, 0.3) is 5.91 Å². The normalized spacial score (nSPS) is 10.9. The molecular weight excluding hydrogens is 364 g/mol. The molecule has 0 saturated carbocycles. The molecule has 0 saturated heterocycles. The second kappa shape index (κ2) is 7.43. The van der Waals surface area contributed by atoms with Crippen molar-refractivity contribution in [3.05, 3.63) is 76.9 Å². The van der Waals surface area contributed by atoms with E-state index in [-0.39, 0.29) is 5.91 Å². The number of para-hydroxylation sites is 1. The van der Waals surface area contributed by atoms with Crippen molar-refractivity contribution >= 4 is 22.7 Å². The van der Waals surface area contributed by atoms with E-state index in [4.69, 9.17) is 9.15 Å². The van der Waals surface area contributed by atoms with Gasteiger partial charge in [-0.1, -0.05) is 18.2 Å². The van der Waals surface area contributed by atoms with Crippen molar-refractivity contribution in [3.8, 4) is 17.2 Å². The van der Waals surface area contributed by atoms with Crippen LogP contribution in [-0.4, -0.2) is 18.0 Å². The van der Waals surface area contributed by atoms with Crippen LogP contribution >= 0.6 is 0 Å². The van der Waals surface area contributed by atoms with Gasteiger partial charge in [0.05, 0.1) is 12.7 Å². The zero-order valence-corrected chi connectivity index (χ0v) is 16.9. The van der Waals surface area contributed by atoms with E-state index in [1.807, 2.05) is 63.2 Å². The molecule has 1 N–H and O–H groups in total. The summed E-state index contributed by atoms with van der Waals surface area (Å²) in [7, 11) is 1.57. The van der Waals surface area contributed by atoms with Crippen LogP contribution in [0.1, 0.15) is 27.0 Å². The molecule has 146 valence electrons. The number of oxazole rings is 1. The number of hydrogen-bond donors (Lipinski definition) is 1. The summed E-state index contributed by atoms with van der Waals surface area (Å²) in [6.07, 6.45) is 0. The second-order valence-electron chi connectivity index (χ2n) is 7.14. The zero-order chi connectivity index (χ0) is 20.5. The first-order valence-electron chi connectivity index (χ1n) is 9.39. The minimum absolute atomic E-state index is 0.216. The SMILES string of the molecule is COc1c(C)cccc1C(=O)Nc1ccc(-c2nc3cc(C)cc(C)c3o2)cc1. The summed E-state index contributed by atoms with van der Waals surface area (Å²) in [5.74, 6) is 0.928. The highest BCUT2D eigenvalue weighted by molar-refractivity contribution is 6.06. The number of anilines is 1. The Morgan fingerprint density at radius 1 is 1.00 bits per heavy atom. The van der Waals surface area contributed by atoms with Crippen LogP contribution in [0, 0.1) is 20.8 Å². The molecule has 0 unspecified atom stereocenters. The third-order valence-corrected chi connectivity index (χ3v) is 4.87. The number of nitrogens with one attached hydrogen (secondary N) is 1. The Morgan fingerprint density at radius 3 is 2.48 bits per heavy atom. The molecular formula is C24H22N2O3. The number of carbonyl (C=O) groups excluding carboxylic acids is 1. The average molecular weight is 386 g/mol. The van der Waals surface area contributed by atoms with Crippen LogP contribution in [0.25, 0.3) is 22.6 Å². The first-order valence-corrected chi connectivity index (χ1v) is 9.39. The Kier molecular flexibility index (Phi) is 4.80. The van der Waals surface area contributed by atoms with Crippen molar-refractivity contribution in [1.82, 2.24) is 4.98 Å². The summed E-state index contributed by atoms with van der Waals surface area (Å²) in [6, 6.07) is 17.0. The molecule has 5 nitrogen and oxygen atoms in total. The molecule has 0 aliphatic rings. The molecule has 0 aliphatic carbocycles. The summed E-state index contributed by atoms with van der Waals surface area (Å²) < 4.78 is 11.3. The number of nitrogens with zero attached hydrogens (tertiary/aromatic N) is 1. The highest BCUT2D eigenvalue weighted by Gasteiger charge is 2.15. The smallest absolute Gasteiger partial charge is 0.259 e. The Balaban J connectivity index is 1.58. The monoisotopic (exact) mass is 386 g/mol. The molecule has 4 rings (SSSR count). The van der Waals surface area contributed by atoms with Gasteiger partial charge in [0.2, 0.25) is 5.89 Å². The van der Waals surface area contributed by atoms with Gasteiger partial charge in [0.15, 0.2) is 5.58 Å². The summed E-state index contributed by atoms with van der Waals surface area (Å²) in [4.78, 5) is 17.3. The van der Waals surface area contributed by atoms with Gasteiger partial charge in [-0.3, -0.25) is 4.79 Å². The first-order chi connectivity index (χ1) is 14.0. The molecule has 29 heavy (non-hydrogen) atoms. The van der Waals surface area contributed by atoms with Gasteiger partial charge in [-0.15, -0.1) is 0 Å². The van der Waals surface area contributed by atoms with Crippen molar-refractivity contribution < 1.29 is 13.9 Å². The number of rotatable bonds is 4.